The van der Waals surface area contributed by atoms with E-state index in [1.54, 1.807) is 7.11 Å². The second-order valence-corrected chi connectivity index (χ2v) is 8.10. The molecule has 1 aliphatic heterocycles. The Hall–Kier alpha value is -1.59. The Labute approximate surface area is 165 Å². The Morgan fingerprint density at radius 2 is 1.89 bits per heavy atom. The molecule has 5 heteroatoms. The molecular formula is C22H38N4O. The van der Waals surface area contributed by atoms with Gasteiger partial charge < -0.3 is 20.3 Å². The van der Waals surface area contributed by atoms with Crippen LogP contribution >= 0.6 is 0 Å². The van der Waals surface area contributed by atoms with E-state index in [0.29, 0.717) is 0 Å². The van der Waals surface area contributed by atoms with Crippen molar-refractivity contribution < 1.29 is 4.74 Å². The van der Waals surface area contributed by atoms with Crippen LogP contribution in [0, 0.1) is 5.92 Å². The van der Waals surface area contributed by atoms with Crippen molar-refractivity contribution in [3.05, 3.63) is 35.9 Å². The van der Waals surface area contributed by atoms with Crippen LogP contribution in [0.25, 0.3) is 0 Å². The van der Waals surface area contributed by atoms with Gasteiger partial charge in [0.05, 0.1) is 13.2 Å². The van der Waals surface area contributed by atoms with E-state index in [9.17, 15) is 0 Å². The maximum Gasteiger partial charge on any atom is 0.191 e. The molecule has 5 nitrogen and oxygen atoms in total. The number of likely N-dealkylation sites (tertiary alicyclic amines) is 1. The Kier molecular flexibility index (Phi) is 9.08. The lowest BCUT2D eigenvalue weighted by Crippen LogP contribution is -2.43. The molecule has 1 aromatic rings. The summed E-state index contributed by atoms with van der Waals surface area (Å²) in [5, 5.41) is 6.96. The molecule has 2 N–H and O–H groups in total. The van der Waals surface area contributed by atoms with Crippen LogP contribution in [0.4, 0.5) is 0 Å². The van der Waals surface area contributed by atoms with Gasteiger partial charge in [-0.15, -0.1) is 0 Å². The number of methoxy groups -OCH3 is 1. The number of ether oxygens (including phenoxy) is 1. The molecule has 27 heavy (non-hydrogen) atoms. The first-order valence-corrected chi connectivity index (χ1v) is 10.3. The molecule has 2 rings (SSSR count). The topological polar surface area (TPSA) is 48.9 Å². The summed E-state index contributed by atoms with van der Waals surface area (Å²) in [7, 11) is 1.78. The van der Waals surface area contributed by atoms with Crippen molar-refractivity contribution in [2.45, 2.75) is 39.0 Å². The van der Waals surface area contributed by atoms with Crippen molar-refractivity contribution >= 4 is 5.96 Å². The summed E-state index contributed by atoms with van der Waals surface area (Å²) in [5.41, 5.74) is 1.35. The third-order valence-corrected chi connectivity index (χ3v) is 5.41. The molecule has 0 atom stereocenters. The van der Waals surface area contributed by atoms with Gasteiger partial charge >= 0.3 is 0 Å². The lowest BCUT2D eigenvalue weighted by Gasteiger charge is -2.32. The van der Waals surface area contributed by atoms with Crippen LogP contribution in [-0.2, 0) is 10.2 Å². The van der Waals surface area contributed by atoms with Gasteiger partial charge in [0.1, 0.15) is 0 Å². The van der Waals surface area contributed by atoms with E-state index in [0.717, 1.165) is 44.7 Å². The van der Waals surface area contributed by atoms with E-state index in [2.05, 4.69) is 66.6 Å². The van der Waals surface area contributed by atoms with Crippen molar-refractivity contribution in [1.82, 2.24) is 15.5 Å². The molecule has 1 fully saturated rings. The van der Waals surface area contributed by atoms with Crippen LogP contribution in [-0.4, -0.2) is 63.8 Å². The molecule has 0 saturated carbocycles. The predicted octanol–water partition coefficient (Wildman–Crippen LogP) is 2.88. The highest BCUT2D eigenvalue weighted by Gasteiger charge is 2.21. The fourth-order valence-corrected chi connectivity index (χ4v) is 3.47. The molecule has 1 heterocycles. The maximum atomic E-state index is 5.19. The normalized spacial score (nSPS) is 17.1. The maximum absolute atomic E-state index is 5.19. The van der Waals surface area contributed by atoms with Gasteiger partial charge in [-0.3, -0.25) is 4.99 Å². The first-order valence-electron chi connectivity index (χ1n) is 10.3. The van der Waals surface area contributed by atoms with Crippen molar-refractivity contribution in [2.75, 3.05) is 53.0 Å². The predicted molar refractivity (Wildman–Crippen MR) is 114 cm³/mol. The fourth-order valence-electron chi connectivity index (χ4n) is 3.47. The molecule has 0 bridgehead atoms. The number of nitrogens with zero attached hydrogens (tertiary/aromatic N) is 2. The van der Waals surface area contributed by atoms with Crippen LogP contribution < -0.4 is 10.6 Å². The lowest BCUT2D eigenvalue weighted by atomic mass is 9.85. The molecule has 0 aliphatic carbocycles. The van der Waals surface area contributed by atoms with Crippen LogP contribution in [0.2, 0.25) is 0 Å². The Balaban J connectivity index is 1.82. The number of nitrogens with one attached hydrogen (secondary N) is 2. The van der Waals surface area contributed by atoms with E-state index >= 15 is 0 Å². The summed E-state index contributed by atoms with van der Waals surface area (Å²) in [4.78, 5) is 7.37. The number of rotatable bonds is 9. The summed E-state index contributed by atoms with van der Waals surface area (Å²) in [6.07, 6.45) is 2.48. The molecular weight excluding hydrogens is 336 g/mol. The second kappa shape index (κ2) is 11.3. The molecule has 0 aromatic heterocycles. The molecule has 1 aliphatic rings. The van der Waals surface area contributed by atoms with Gasteiger partial charge in [-0.1, -0.05) is 44.2 Å². The molecule has 0 unspecified atom stereocenters. The van der Waals surface area contributed by atoms with Crippen molar-refractivity contribution in [1.29, 1.82) is 0 Å². The Morgan fingerprint density at radius 3 is 2.52 bits per heavy atom. The summed E-state index contributed by atoms with van der Waals surface area (Å²) < 4.78 is 5.19. The average molecular weight is 375 g/mol. The van der Waals surface area contributed by atoms with E-state index in [4.69, 9.17) is 9.73 Å². The highest BCUT2D eigenvalue weighted by molar-refractivity contribution is 5.79. The van der Waals surface area contributed by atoms with Crippen LogP contribution in [0.5, 0.6) is 0 Å². The summed E-state index contributed by atoms with van der Waals surface area (Å²) in [6, 6.07) is 10.6. The molecule has 0 spiro atoms. The highest BCUT2D eigenvalue weighted by atomic mass is 16.5. The number of aliphatic imine (C=N–C) groups is 1. The van der Waals surface area contributed by atoms with Crippen LogP contribution in [0.15, 0.2) is 35.3 Å². The molecule has 152 valence electrons. The Bertz CT molecular complexity index is 551. The van der Waals surface area contributed by atoms with Gasteiger partial charge in [0, 0.05) is 32.2 Å². The Morgan fingerprint density at radius 1 is 1.19 bits per heavy atom. The summed E-state index contributed by atoms with van der Waals surface area (Å²) in [5.74, 6) is 1.65. The van der Waals surface area contributed by atoms with Crippen molar-refractivity contribution in [3.8, 4) is 0 Å². The van der Waals surface area contributed by atoms with E-state index in [-0.39, 0.29) is 5.41 Å². The van der Waals surface area contributed by atoms with Gasteiger partial charge in [0.25, 0.3) is 0 Å². The highest BCUT2D eigenvalue weighted by Crippen LogP contribution is 2.23. The monoisotopic (exact) mass is 374 g/mol. The van der Waals surface area contributed by atoms with Gasteiger partial charge in [0.2, 0.25) is 0 Å². The zero-order valence-electron chi connectivity index (χ0n) is 17.6. The van der Waals surface area contributed by atoms with E-state index < -0.39 is 0 Å². The first-order chi connectivity index (χ1) is 13.0. The lowest BCUT2D eigenvalue weighted by molar-refractivity contribution is 0.121. The van der Waals surface area contributed by atoms with Gasteiger partial charge in [0.15, 0.2) is 5.96 Å². The number of hydrogen-bond acceptors (Lipinski definition) is 3. The standard InChI is InChI=1S/C22H38N4O/c1-5-23-21(25-18-22(2,3)20-9-7-6-8-10-20)24-17-19-11-13-26(14-12-19)15-16-27-4/h6-10,19H,5,11-18H2,1-4H3,(H2,23,24,25). The van der Waals surface area contributed by atoms with Gasteiger partial charge in [-0.05, 0) is 44.3 Å². The van der Waals surface area contributed by atoms with Gasteiger partial charge in [-0.2, -0.15) is 0 Å². The number of guanidine groups is 1. The smallest absolute Gasteiger partial charge is 0.191 e. The third-order valence-electron chi connectivity index (χ3n) is 5.41. The molecule has 1 saturated heterocycles. The summed E-state index contributed by atoms with van der Waals surface area (Å²) >= 11 is 0. The zero-order valence-corrected chi connectivity index (χ0v) is 17.6. The van der Waals surface area contributed by atoms with Crippen LogP contribution in [0.1, 0.15) is 39.2 Å². The number of benzene rings is 1. The van der Waals surface area contributed by atoms with E-state index in [1.807, 2.05) is 0 Å². The average Bonchev–Trinajstić information content (AvgIpc) is 2.70. The fraction of sp³-hybridized carbons (Fsp3) is 0.682. The zero-order chi connectivity index (χ0) is 19.5. The minimum atomic E-state index is 0.0241. The van der Waals surface area contributed by atoms with Gasteiger partial charge in [-0.25, -0.2) is 0 Å². The minimum absolute atomic E-state index is 0.0241. The number of hydrogen-bond donors (Lipinski definition) is 2. The third kappa shape index (κ3) is 7.51. The quantitative estimate of drug-likeness (QED) is 0.515. The molecule has 0 amide bonds. The number of piperidine rings is 1. The first kappa shape index (κ1) is 21.7. The van der Waals surface area contributed by atoms with Crippen molar-refractivity contribution in [2.24, 2.45) is 10.9 Å². The van der Waals surface area contributed by atoms with Crippen molar-refractivity contribution in [3.63, 3.8) is 0 Å². The molecule has 0 radical (unpaired) electrons. The summed E-state index contributed by atoms with van der Waals surface area (Å²) in [6.45, 7) is 13.5. The SMILES string of the molecule is CCNC(=NCC(C)(C)c1ccccc1)NCC1CCN(CCOC)CC1. The second-order valence-electron chi connectivity index (χ2n) is 8.10. The van der Waals surface area contributed by atoms with Crippen LogP contribution in [0.3, 0.4) is 0 Å². The van der Waals surface area contributed by atoms with E-state index in [1.165, 1.54) is 31.5 Å². The largest absolute Gasteiger partial charge is 0.383 e. The molecule has 1 aromatic carbocycles. The minimum Gasteiger partial charge on any atom is -0.383 e.